The van der Waals surface area contributed by atoms with E-state index in [1.807, 2.05) is 6.07 Å². The molecule has 3 heterocycles. The molecule has 0 spiro atoms. The highest BCUT2D eigenvalue weighted by molar-refractivity contribution is 9.10. The van der Waals surface area contributed by atoms with E-state index in [-0.39, 0.29) is 30.8 Å². The lowest BCUT2D eigenvalue weighted by atomic mass is 9.89. The first-order valence-corrected chi connectivity index (χ1v) is 12.2. The van der Waals surface area contributed by atoms with Gasteiger partial charge in [-0.1, -0.05) is 28.1 Å². The second-order valence-corrected chi connectivity index (χ2v) is 9.57. The van der Waals surface area contributed by atoms with Gasteiger partial charge in [0.15, 0.2) is 35.7 Å². The van der Waals surface area contributed by atoms with Crippen LogP contribution in [-0.2, 0) is 25.8 Å². The summed E-state index contributed by atoms with van der Waals surface area (Å²) in [5.41, 5.74) is 6.38. The zero-order valence-electron chi connectivity index (χ0n) is 19.6. The maximum absolute atomic E-state index is 5.82. The van der Waals surface area contributed by atoms with E-state index in [1.165, 1.54) is 33.3 Å². The molecule has 5 nitrogen and oxygen atoms in total. The average Bonchev–Trinajstić information content (AvgIpc) is 3.32. The van der Waals surface area contributed by atoms with E-state index in [9.17, 15) is 0 Å². The van der Waals surface area contributed by atoms with Gasteiger partial charge in [-0.05, 0) is 60.4 Å². The van der Waals surface area contributed by atoms with E-state index in [1.54, 1.807) is 14.2 Å². The first-order chi connectivity index (χ1) is 16.7. The molecular weight excluding hydrogens is 621 g/mol. The first kappa shape index (κ1) is 24.2. The molecule has 0 radical (unpaired) electrons. The molecule has 0 amide bonds. The number of nitrogens with zero attached hydrogens (tertiary/aromatic N) is 1. The Bertz CT molecular complexity index is 1420. The van der Waals surface area contributed by atoms with Gasteiger partial charge in [0.05, 0.1) is 25.2 Å². The van der Waals surface area contributed by atoms with Gasteiger partial charge >= 0.3 is 0 Å². The second-order valence-electron chi connectivity index (χ2n) is 8.65. The van der Waals surface area contributed by atoms with Crippen LogP contribution in [0.4, 0.5) is 0 Å². The number of fused-ring (bicyclic) bond motifs is 5. The lowest BCUT2D eigenvalue weighted by molar-refractivity contribution is -0.686. The van der Waals surface area contributed by atoms with Crippen LogP contribution in [0.5, 0.6) is 23.0 Å². The molecule has 0 saturated heterocycles. The van der Waals surface area contributed by atoms with Crippen molar-refractivity contribution >= 4 is 26.7 Å². The fourth-order valence-electron chi connectivity index (χ4n) is 5.18. The van der Waals surface area contributed by atoms with Crippen molar-refractivity contribution in [3.05, 3.63) is 75.9 Å². The van der Waals surface area contributed by atoms with Crippen molar-refractivity contribution in [3.63, 3.8) is 0 Å². The van der Waals surface area contributed by atoms with Crippen LogP contribution in [0.1, 0.15) is 16.7 Å². The number of ether oxygens (including phenoxy) is 4. The number of rotatable bonds is 5. The zero-order chi connectivity index (χ0) is 23.2. The van der Waals surface area contributed by atoms with E-state index in [2.05, 4.69) is 69.2 Å². The first-order valence-electron chi connectivity index (χ1n) is 11.4. The Labute approximate surface area is 230 Å². The van der Waals surface area contributed by atoms with Crippen LogP contribution in [0.2, 0.25) is 0 Å². The van der Waals surface area contributed by atoms with Gasteiger partial charge in [0.25, 0.3) is 0 Å². The summed E-state index contributed by atoms with van der Waals surface area (Å²) in [6.07, 6.45) is 4.99. The summed E-state index contributed by atoms with van der Waals surface area (Å²) in [5.74, 6) is 3.18. The normalized spacial score (nSPS) is 13.1. The van der Waals surface area contributed by atoms with Gasteiger partial charge in [0.1, 0.15) is 0 Å². The molecule has 0 N–H and O–H groups in total. The molecule has 7 heteroatoms. The molecule has 0 atom stereocenters. The average molecular weight is 646 g/mol. The van der Waals surface area contributed by atoms with Gasteiger partial charge in [-0.25, -0.2) is 0 Å². The topological polar surface area (TPSA) is 40.8 Å². The molecule has 180 valence electrons. The third-order valence-electron chi connectivity index (χ3n) is 6.82. The van der Waals surface area contributed by atoms with Crippen molar-refractivity contribution in [2.45, 2.75) is 25.8 Å². The minimum atomic E-state index is 0. The third-order valence-corrected chi connectivity index (χ3v) is 7.35. The summed E-state index contributed by atoms with van der Waals surface area (Å²) in [5, 5.41) is 2.26. The van der Waals surface area contributed by atoms with Crippen molar-refractivity contribution in [1.29, 1.82) is 0 Å². The Hall–Kier alpha value is -2.52. The van der Waals surface area contributed by atoms with E-state index in [4.69, 9.17) is 18.9 Å². The van der Waals surface area contributed by atoms with Gasteiger partial charge in [0.2, 0.25) is 12.5 Å². The molecule has 0 bridgehead atoms. The Morgan fingerprint density at radius 1 is 0.914 bits per heavy atom. The fraction of sp³-hybridized carbons (Fsp3) is 0.250. The summed E-state index contributed by atoms with van der Waals surface area (Å²) >= 11 is 3.54. The molecule has 0 saturated carbocycles. The van der Waals surface area contributed by atoms with Crippen LogP contribution in [0.15, 0.2) is 59.2 Å². The van der Waals surface area contributed by atoms with E-state index in [0.29, 0.717) is 0 Å². The summed E-state index contributed by atoms with van der Waals surface area (Å²) < 4.78 is 26.3. The fourth-order valence-corrected chi connectivity index (χ4v) is 5.45. The Morgan fingerprint density at radius 3 is 2.43 bits per heavy atom. The molecule has 1 aromatic heterocycles. The van der Waals surface area contributed by atoms with Crippen molar-refractivity contribution < 1.29 is 47.5 Å². The molecule has 6 rings (SSSR count). The molecule has 0 aliphatic carbocycles. The highest BCUT2D eigenvalue weighted by atomic mass is 127. The van der Waals surface area contributed by atoms with Gasteiger partial charge in [-0.2, -0.15) is 4.57 Å². The second kappa shape index (κ2) is 9.85. The molecular formula is C28H25BrINO4. The van der Waals surface area contributed by atoms with E-state index in [0.717, 1.165) is 58.7 Å². The summed E-state index contributed by atoms with van der Waals surface area (Å²) in [6.45, 7) is 1.17. The lowest BCUT2D eigenvalue weighted by Gasteiger charge is -2.21. The van der Waals surface area contributed by atoms with Gasteiger partial charge < -0.3 is 42.9 Å². The smallest absolute Gasteiger partial charge is 0.231 e. The SMILES string of the molecule is COc1ccc2c(CCc3ccc(Br)cc3)c3[n+](cc2c1OC)CCc1cc2c(cc1-3)OCO2.[I-]. The third kappa shape index (κ3) is 4.22. The maximum Gasteiger partial charge on any atom is 0.231 e. The molecule has 2 aliphatic heterocycles. The number of methoxy groups -OCH3 is 2. The molecule has 2 aliphatic rings. The van der Waals surface area contributed by atoms with E-state index < -0.39 is 0 Å². The summed E-state index contributed by atoms with van der Waals surface area (Å²) in [7, 11) is 3.39. The van der Waals surface area contributed by atoms with Crippen molar-refractivity contribution in [2.75, 3.05) is 21.0 Å². The predicted octanol–water partition coefficient (Wildman–Crippen LogP) is 2.65. The van der Waals surface area contributed by atoms with E-state index >= 15 is 0 Å². The quantitative estimate of drug-likeness (QED) is 0.247. The number of pyridine rings is 1. The van der Waals surface area contributed by atoms with Crippen molar-refractivity contribution in [2.24, 2.45) is 0 Å². The largest absolute Gasteiger partial charge is 1.00 e. The van der Waals surface area contributed by atoms with Crippen LogP contribution in [0.3, 0.4) is 0 Å². The molecule has 35 heavy (non-hydrogen) atoms. The monoisotopic (exact) mass is 645 g/mol. The highest BCUT2D eigenvalue weighted by Gasteiger charge is 2.32. The maximum atomic E-state index is 5.82. The lowest BCUT2D eigenvalue weighted by Crippen LogP contribution is -3.00. The minimum Gasteiger partial charge on any atom is -1.00 e. The van der Waals surface area contributed by atoms with Gasteiger partial charge in [-0.3, -0.25) is 0 Å². The Balaban J connectivity index is 0.00000253. The predicted molar refractivity (Wildman–Crippen MR) is 134 cm³/mol. The molecule has 0 unspecified atom stereocenters. The molecule has 3 aromatic carbocycles. The zero-order valence-corrected chi connectivity index (χ0v) is 23.3. The standard InChI is InChI=1S/C28H25BrNO4.HI/c1-31-24-10-9-20-21(8-5-17-3-6-19(29)7-4-17)27-22-14-26-25(33-16-34-26)13-18(22)11-12-30(27)15-23(20)28(24)32-2;/h3-4,6-7,9-10,13-15H,5,8,11-12,16H2,1-2H3;1H/q+1;/p-1. The minimum absolute atomic E-state index is 0. The van der Waals surface area contributed by atoms with Gasteiger partial charge in [0, 0.05) is 21.8 Å². The van der Waals surface area contributed by atoms with Crippen LogP contribution < -0.4 is 47.5 Å². The molecule has 4 aromatic rings. The number of halogens is 2. The van der Waals surface area contributed by atoms with Crippen LogP contribution >= 0.6 is 15.9 Å². The number of hydrogen-bond acceptors (Lipinski definition) is 4. The molecule has 0 fully saturated rings. The van der Waals surface area contributed by atoms with Crippen LogP contribution in [0.25, 0.3) is 22.0 Å². The number of hydrogen-bond donors (Lipinski definition) is 0. The summed E-state index contributed by atoms with van der Waals surface area (Å²) in [6, 6.07) is 17.0. The number of aryl methyl sites for hydroxylation is 4. The summed E-state index contributed by atoms with van der Waals surface area (Å²) in [4.78, 5) is 0. The van der Waals surface area contributed by atoms with Crippen molar-refractivity contribution in [3.8, 4) is 34.3 Å². The van der Waals surface area contributed by atoms with Crippen LogP contribution in [0, 0.1) is 0 Å². The number of benzene rings is 3. The Morgan fingerprint density at radius 2 is 1.69 bits per heavy atom. The highest BCUT2D eigenvalue weighted by Crippen LogP contribution is 2.43. The number of aromatic nitrogens is 1. The van der Waals surface area contributed by atoms with Gasteiger partial charge in [-0.15, -0.1) is 0 Å². The Kier molecular flexibility index (Phi) is 6.81. The van der Waals surface area contributed by atoms with Crippen molar-refractivity contribution in [1.82, 2.24) is 0 Å². The van der Waals surface area contributed by atoms with Crippen LogP contribution in [-0.4, -0.2) is 21.0 Å².